The maximum absolute atomic E-state index is 3.65. The Balaban J connectivity index is 2.04. The Morgan fingerprint density at radius 3 is 2.43 bits per heavy atom. The molecule has 108 valence electrons. The average molecular weight is 278 g/mol. The molecule has 0 fully saturated rings. The van der Waals surface area contributed by atoms with Crippen molar-refractivity contribution in [1.29, 1.82) is 0 Å². The van der Waals surface area contributed by atoms with Gasteiger partial charge in [-0.2, -0.15) is 0 Å². The molecule has 2 N–H and O–H groups in total. The van der Waals surface area contributed by atoms with Crippen LogP contribution in [0.25, 0.3) is 5.57 Å². The first-order chi connectivity index (χ1) is 10.1. The Bertz CT molecular complexity index is 703. The normalized spacial score (nSPS) is 13.2. The number of anilines is 2. The molecule has 2 nitrogen and oxygen atoms in total. The molecule has 0 saturated carbocycles. The van der Waals surface area contributed by atoms with Crippen LogP contribution in [0, 0.1) is 20.8 Å². The zero-order chi connectivity index (χ0) is 15.0. The van der Waals surface area contributed by atoms with E-state index >= 15 is 0 Å². The molecule has 0 bridgehead atoms. The highest BCUT2D eigenvalue weighted by Crippen LogP contribution is 2.32. The quantitative estimate of drug-likeness (QED) is 0.823. The van der Waals surface area contributed by atoms with Gasteiger partial charge in [0.1, 0.15) is 0 Å². The molecule has 0 radical (unpaired) electrons. The highest BCUT2D eigenvalue weighted by atomic mass is 14.9. The fraction of sp³-hybridized carbons (Fsp3) is 0.263. The van der Waals surface area contributed by atoms with Gasteiger partial charge in [0.05, 0.1) is 0 Å². The van der Waals surface area contributed by atoms with E-state index in [9.17, 15) is 0 Å². The molecule has 0 unspecified atom stereocenters. The Morgan fingerprint density at radius 1 is 1.00 bits per heavy atom. The first kappa shape index (κ1) is 13.7. The lowest BCUT2D eigenvalue weighted by Gasteiger charge is -2.22. The fourth-order valence-corrected chi connectivity index (χ4v) is 3.16. The number of hydrogen-bond acceptors (Lipinski definition) is 2. The van der Waals surface area contributed by atoms with Crippen LogP contribution in [0.15, 0.2) is 36.5 Å². The van der Waals surface area contributed by atoms with E-state index in [0.29, 0.717) is 0 Å². The van der Waals surface area contributed by atoms with Gasteiger partial charge in [-0.3, -0.25) is 0 Å². The third-order valence-electron chi connectivity index (χ3n) is 4.13. The van der Waals surface area contributed by atoms with Crippen LogP contribution in [-0.2, 0) is 6.54 Å². The standard InChI is InChI=1S/C19H22N2/c1-12-8-13(2)19(14(3)9-12)21-18-7-5-6-16-15(4)10-20-11-17(16)18/h5-10,20-21H,11H2,1-4H3. The van der Waals surface area contributed by atoms with Gasteiger partial charge in [0, 0.05) is 29.7 Å². The molecule has 0 amide bonds. The summed E-state index contributed by atoms with van der Waals surface area (Å²) >= 11 is 0. The van der Waals surface area contributed by atoms with Gasteiger partial charge in [0.25, 0.3) is 0 Å². The van der Waals surface area contributed by atoms with E-state index in [2.05, 4.69) is 74.9 Å². The van der Waals surface area contributed by atoms with Crippen LogP contribution in [0.2, 0.25) is 0 Å². The Morgan fingerprint density at radius 2 is 1.71 bits per heavy atom. The van der Waals surface area contributed by atoms with Gasteiger partial charge in [-0.05, 0) is 56.0 Å². The first-order valence-electron chi connectivity index (χ1n) is 7.43. The smallest absolute Gasteiger partial charge is 0.0443 e. The summed E-state index contributed by atoms with van der Waals surface area (Å²) in [6.07, 6.45) is 2.09. The maximum atomic E-state index is 3.65. The first-order valence-corrected chi connectivity index (χ1v) is 7.43. The summed E-state index contributed by atoms with van der Waals surface area (Å²) in [6.45, 7) is 9.51. The van der Waals surface area contributed by atoms with Gasteiger partial charge >= 0.3 is 0 Å². The van der Waals surface area contributed by atoms with Crippen molar-refractivity contribution in [3.63, 3.8) is 0 Å². The maximum Gasteiger partial charge on any atom is 0.0443 e. The second-order valence-corrected chi connectivity index (χ2v) is 5.94. The lowest BCUT2D eigenvalue weighted by Crippen LogP contribution is -2.14. The van der Waals surface area contributed by atoms with Crippen molar-refractivity contribution in [2.75, 3.05) is 5.32 Å². The second kappa shape index (κ2) is 5.28. The number of rotatable bonds is 2. The van der Waals surface area contributed by atoms with Crippen LogP contribution < -0.4 is 10.6 Å². The SMILES string of the molecule is CC1=CNCc2c(Nc3c(C)cc(C)cc3C)cccc21. The van der Waals surface area contributed by atoms with E-state index in [1.807, 2.05) is 0 Å². The Kier molecular flexibility index (Phi) is 3.46. The van der Waals surface area contributed by atoms with E-state index < -0.39 is 0 Å². The fourth-order valence-electron chi connectivity index (χ4n) is 3.16. The second-order valence-electron chi connectivity index (χ2n) is 5.94. The zero-order valence-corrected chi connectivity index (χ0v) is 13.2. The highest BCUT2D eigenvalue weighted by Gasteiger charge is 2.14. The Labute approximate surface area is 126 Å². The lowest BCUT2D eigenvalue weighted by molar-refractivity contribution is 0.853. The van der Waals surface area contributed by atoms with Crippen molar-refractivity contribution < 1.29 is 0 Å². The molecule has 0 aromatic heterocycles. The summed E-state index contributed by atoms with van der Waals surface area (Å²) in [4.78, 5) is 0. The lowest BCUT2D eigenvalue weighted by atomic mass is 9.96. The summed E-state index contributed by atoms with van der Waals surface area (Å²) in [6, 6.07) is 10.9. The van der Waals surface area contributed by atoms with Gasteiger partial charge in [-0.25, -0.2) is 0 Å². The van der Waals surface area contributed by atoms with Crippen molar-refractivity contribution in [2.24, 2.45) is 0 Å². The number of hydrogen-bond donors (Lipinski definition) is 2. The minimum atomic E-state index is 0.875. The molecule has 1 heterocycles. The third-order valence-corrected chi connectivity index (χ3v) is 4.13. The van der Waals surface area contributed by atoms with Crippen LogP contribution in [-0.4, -0.2) is 0 Å². The van der Waals surface area contributed by atoms with Crippen molar-refractivity contribution in [3.8, 4) is 0 Å². The van der Waals surface area contributed by atoms with Crippen LogP contribution in [0.3, 0.4) is 0 Å². The molecule has 2 heteroatoms. The van der Waals surface area contributed by atoms with Gasteiger partial charge in [0.2, 0.25) is 0 Å². The van der Waals surface area contributed by atoms with Crippen molar-refractivity contribution in [3.05, 3.63) is 64.3 Å². The third kappa shape index (κ3) is 2.54. The highest BCUT2D eigenvalue weighted by molar-refractivity contribution is 5.77. The van der Waals surface area contributed by atoms with E-state index in [4.69, 9.17) is 0 Å². The molecule has 1 aliphatic heterocycles. The van der Waals surface area contributed by atoms with E-state index in [-0.39, 0.29) is 0 Å². The molecule has 3 rings (SSSR count). The van der Waals surface area contributed by atoms with E-state index in [1.165, 1.54) is 44.8 Å². The number of aryl methyl sites for hydroxylation is 3. The predicted molar refractivity (Wildman–Crippen MR) is 90.9 cm³/mol. The largest absolute Gasteiger partial charge is 0.386 e. The molecule has 0 spiro atoms. The molecular weight excluding hydrogens is 256 g/mol. The van der Waals surface area contributed by atoms with Gasteiger partial charge in [0.15, 0.2) is 0 Å². The molecule has 0 aliphatic carbocycles. The van der Waals surface area contributed by atoms with Crippen LogP contribution in [0.1, 0.15) is 34.7 Å². The van der Waals surface area contributed by atoms with Gasteiger partial charge in [-0.15, -0.1) is 0 Å². The summed E-state index contributed by atoms with van der Waals surface area (Å²) in [7, 11) is 0. The summed E-state index contributed by atoms with van der Waals surface area (Å²) in [5.74, 6) is 0. The molecule has 21 heavy (non-hydrogen) atoms. The predicted octanol–water partition coefficient (Wildman–Crippen LogP) is 4.82. The minimum absolute atomic E-state index is 0.875. The van der Waals surface area contributed by atoms with Crippen molar-refractivity contribution in [1.82, 2.24) is 5.32 Å². The number of nitrogens with one attached hydrogen (secondary N) is 2. The summed E-state index contributed by atoms with van der Waals surface area (Å²) in [5.41, 5.74) is 10.3. The van der Waals surface area contributed by atoms with Crippen LogP contribution >= 0.6 is 0 Å². The van der Waals surface area contributed by atoms with Gasteiger partial charge < -0.3 is 10.6 Å². The Hall–Kier alpha value is -2.22. The molecule has 0 saturated heterocycles. The van der Waals surface area contributed by atoms with Crippen LogP contribution in [0.4, 0.5) is 11.4 Å². The molecule has 0 atom stereocenters. The van der Waals surface area contributed by atoms with Crippen LogP contribution in [0.5, 0.6) is 0 Å². The monoisotopic (exact) mass is 278 g/mol. The minimum Gasteiger partial charge on any atom is -0.386 e. The van der Waals surface area contributed by atoms with Crippen molar-refractivity contribution in [2.45, 2.75) is 34.2 Å². The number of benzene rings is 2. The number of allylic oxidation sites excluding steroid dienone is 1. The summed E-state index contributed by atoms with van der Waals surface area (Å²) < 4.78 is 0. The van der Waals surface area contributed by atoms with Gasteiger partial charge in [-0.1, -0.05) is 29.8 Å². The molecule has 2 aromatic carbocycles. The summed E-state index contributed by atoms with van der Waals surface area (Å²) in [5, 5.41) is 7.00. The topological polar surface area (TPSA) is 24.1 Å². The van der Waals surface area contributed by atoms with Crippen molar-refractivity contribution >= 4 is 16.9 Å². The molecular formula is C19H22N2. The average Bonchev–Trinajstić information content (AvgIpc) is 2.43. The number of fused-ring (bicyclic) bond motifs is 1. The molecule has 2 aromatic rings. The molecule has 1 aliphatic rings. The van der Waals surface area contributed by atoms with E-state index in [1.54, 1.807) is 0 Å². The zero-order valence-electron chi connectivity index (χ0n) is 13.2. The van der Waals surface area contributed by atoms with E-state index in [0.717, 1.165) is 6.54 Å².